The number of amides is 2. The van der Waals surface area contributed by atoms with Gasteiger partial charge in [-0.3, -0.25) is 9.59 Å². The van der Waals surface area contributed by atoms with Crippen LogP contribution in [0.1, 0.15) is 52.8 Å². The molecule has 0 unspecified atom stereocenters. The molecule has 2 aromatic carbocycles. The molecule has 6 nitrogen and oxygen atoms in total. The van der Waals surface area contributed by atoms with Gasteiger partial charge in [0.15, 0.2) is 0 Å². The van der Waals surface area contributed by atoms with Gasteiger partial charge in [-0.15, -0.1) is 3.82 Å². The molecular formula is C20H21ClN2O4S. The lowest BCUT2D eigenvalue weighted by atomic mass is 9.95. The number of hydrogen-bond acceptors (Lipinski definition) is 4. The number of carbonyl (C=O) groups excluding carboxylic acids is 2. The van der Waals surface area contributed by atoms with Gasteiger partial charge < -0.3 is 5.32 Å². The summed E-state index contributed by atoms with van der Waals surface area (Å²) in [4.78, 5) is 24.5. The highest BCUT2D eigenvalue weighted by molar-refractivity contribution is 7.90. The van der Waals surface area contributed by atoms with Crippen molar-refractivity contribution in [2.24, 2.45) is 0 Å². The molecule has 1 aliphatic rings. The van der Waals surface area contributed by atoms with Crippen molar-refractivity contribution in [2.75, 3.05) is 0 Å². The van der Waals surface area contributed by atoms with E-state index in [2.05, 4.69) is 5.32 Å². The molecule has 0 aromatic heterocycles. The number of benzene rings is 2. The summed E-state index contributed by atoms with van der Waals surface area (Å²) < 4.78 is 25.4. The lowest BCUT2D eigenvalue weighted by Crippen LogP contribution is -2.36. The van der Waals surface area contributed by atoms with E-state index in [9.17, 15) is 18.0 Å². The van der Waals surface area contributed by atoms with E-state index in [0.29, 0.717) is 5.56 Å². The highest BCUT2D eigenvalue weighted by atomic mass is 35.5. The Morgan fingerprint density at radius 1 is 0.893 bits per heavy atom. The number of halogens is 1. The summed E-state index contributed by atoms with van der Waals surface area (Å²) >= 11 is 5.84. The molecule has 8 heteroatoms. The number of nitrogens with one attached hydrogen (secondary N) is 1. The van der Waals surface area contributed by atoms with Gasteiger partial charge in [-0.2, -0.15) is 8.42 Å². The fourth-order valence-electron chi connectivity index (χ4n) is 3.18. The molecule has 28 heavy (non-hydrogen) atoms. The summed E-state index contributed by atoms with van der Waals surface area (Å²) in [5.74, 6) is -1.08. The highest BCUT2D eigenvalue weighted by Gasteiger charge is 2.29. The van der Waals surface area contributed by atoms with Crippen LogP contribution < -0.4 is 5.32 Å². The van der Waals surface area contributed by atoms with E-state index in [1.807, 2.05) is 0 Å². The summed E-state index contributed by atoms with van der Waals surface area (Å²) in [5.41, 5.74) is 0.518. The monoisotopic (exact) mass is 420 g/mol. The van der Waals surface area contributed by atoms with Crippen molar-refractivity contribution in [1.82, 2.24) is 9.14 Å². The van der Waals surface area contributed by atoms with Crippen molar-refractivity contribution >= 4 is 33.6 Å². The Morgan fingerprint density at radius 2 is 1.50 bits per heavy atom. The third-order valence-electron chi connectivity index (χ3n) is 4.75. The third kappa shape index (κ3) is 4.54. The zero-order valence-corrected chi connectivity index (χ0v) is 16.7. The normalized spacial score (nSPS) is 15.0. The van der Waals surface area contributed by atoms with Gasteiger partial charge in [-0.1, -0.05) is 37.5 Å². The number of sulfonamides is 1. The Hall–Kier alpha value is -2.38. The molecule has 3 rings (SSSR count). The fraction of sp³-hybridized carbons (Fsp3) is 0.300. The molecular weight excluding hydrogens is 400 g/mol. The van der Waals surface area contributed by atoms with Crippen LogP contribution in [0.3, 0.4) is 0 Å². The Bertz CT molecular complexity index is 940. The van der Waals surface area contributed by atoms with Gasteiger partial charge in [0.1, 0.15) is 0 Å². The standard InChI is InChI=1S/C20H21ClN2O4S/c21-23(20(25)16-7-3-1-4-8-16)28(26,27)18-13-11-15(12-14-18)19(24)22-17-9-5-2-6-10-17/h1,3-4,7-8,11-14,17H,2,5-6,9-10H2,(H,22,24). The first-order chi connectivity index (χ1) is 13.4. The Morgan fingerprint density at radius 3 is 2.11 bits per heavy atom. The van der Waals surface area contributed by atoms with Gasteiger partial charge in [-0.25, -0.2) is 0 Å². The highest BCUT2D eigenvalue weighted by Crippen LogP contribution is 2.22. The maximum Gasteiger partial charge on any atom is 0.282 e. The zero-order chi connectivity index (χ0) is 20.1. The molecule has 1 saturated carbocycles. The molecule has 148 valence electrons. The lowest BCUT2D eigenvalue weighted by Gasteiger charge is -2.22. The Labute approximate surface area is 169 Å². The molecule has 1 fully saturated rings. The summed E-state index contributed by atoms with van der Waals surface area (Å²) in [6.07, 6.45) is 5.31. The van der Waals surface area contributed by atoms with Crippen molar-refractivity contribution < 1.29 is 18.0 Å². The van der Waals surface area contributed by atoms with Crippen LogP contribution >= 0.6 is 11.8 Å². The topological polar surface area (TPSA) is 83.6 Å². The van der Waals surface area contributed by atoms with E-state index in [1.54, 1.807) is 18.2 Å². The van der Waals surface area contributed by atoms with Crippen molar-refractivity contribution in [3.63, 3.8) is 0 Å². The smallest absolute Gasteiger partial charge is 0.282 e. The number of rotatable bonds is 5. The van der Waals surface area contributed by atoms with Crippen LogP contribution in [-0.4, -0.2) is 30.1 Å². The van der Waals surface area contributed by atoms with E-state index in [-0.39, 0.29) is 26.2 Å². The summed E-state index contributed by atoms with van der Waals surface area (Å²) in [6.45, 7) is 0. The first-order valence-corrected chi connectivity index (χ1v) is 10.9. The van der Waals surface area contributed by atoms with Gasteiger partial charge in [0, 0.05) is 28.9 Å². The SMILES string of the molecule is O=C(NC1CCCCC1)c1ccc(S(=O)(=O)N(Cl)C(=O)c2ccccc2)cc1. The average molecular weight is 421 g/mol. The third-order valence-corrected chi connectivity index (χ3v) is 6.90. The van der Waals surface area contributed by atoms with Crippen molar-refractivity contribution in [1.29, 1.82) is 0 Å². The van der Waals surface area contributed by atoms with E-state index in [0.717, 1.165) is 25.7 Å². The number of carbonyl (C=O) groups is 2. The van der Waals surface area contributed by atoms with E-state index < -0.39 is 15.9 Å². The van der Waals surface area contributed by atoms with Crippen LogP contribution in [0.25, 0.3) is 0 Å². The summed E-state index contributed by atoms with van der Waals surface area (Å²) in [5, 5.41) is 2.98. The molecule has 2 aromatic rings. The second-order valence-corrected chi connectivity index (χ2v) is 9.05. The van der Waals surface area contributed by atoms with Gasteiger partial charge in [0.2, 0.25) is 0 Å². The minimum Gasteiger partial charge on any atom is -0.349 e. The van der Waals surface area contributed by atoms with E-state index in [4.69, 9.17) is 11.8 Å². The average Bonchev–Trinajstić information content (AvgIpc) is 2.74. The second kappa shape index (κ2) is 8.75. The maximum atomic E-state index is 12.6. The van der Waals surface area contributed by atoms with E-state index in [1.165, 1.54) is 42.8 Å². The molecule has 2 amide bonds. The molecule has 0 aliphatic heterocycles. The van der Waals surface area contributed by atoms with Gasteiger partial charge >= 0.3 is 0 Å². The van der Waals surface area contributed by atoms with E-state index >= 15 is 0 Å². The second-order valence-electron chi connectivity index (χ2n) is 6.72. The largest absolute Gasteiger partial charge is 0.349 e. The minimum atomic E-state index is -4.24. The quantitative estimate of drug-likeness (QED) is 0.747. The molecule has 0 radical (unpaired) electrons. The number of nitrogens with zero attached hydrogens (tertiary/aromatic N) is 1. The molecule has 1 N–H and O–H groups in total. The van der Waals surface area contributed by atoms with Crippen LogP contribution in [0, 0.1) is 0 Å². The molecule has 0 bridgehead atoms. The van der Waals surface area contributed by atoms with Gasteiger partial charge in [-0.05, 0) is 49.2 Å². The van der Waals surface area contributed by atoms with Crippen molar-refractivity contribution in [2.45, 2.75) is 43.0 Å². The Kier molecular flexibility index (Phi) is 6.36. The zero-order valence-electron chi connectivity index (χ0n) is 15.2. The van der Waals surface area contributed by atoms with Gasteiger partial charge in [0.25, 0.3) is 21.8 Å². The van der Waals surface area contributed by atoms with Crippen LogP contribution in [0.15, 0.2) is 59.5 Å². The minimum absolute atomic E-state index is 0.157. The molecule has 0 saturated heterocycles. The van der Waals surface area contributed by atoms with Crippen molar-refractivity contribution in [3.8, 4) is 0 Å². The first-order valence-electron chi connectivity index (χ1n) is 9.11. The van der Waals surface area contributed by atoms with Crippen LogP contribution in [0.4, 0.5) is 0 Å². The summed E-state index contributed by atoms with van der Waals surface area (Å²) in [7, 11) is -4.24. The molecule has 0 atom stereocenters. The van der Waals surface area contributed by atoms with Crippen LogP contribution in [0.5, 0.6) is 0 Å². The lowest BCUT2D eigenvalue weighted by molar-refractivity contribution is 0.0915. The van der Waals surface area contributed by atoms with Crippen LogP contribution in [0.2, 0.25) is 0 Å². The first kappa shape index (κ1) is 20.4. The predicted octanol–water partition coefficient (Wildman–Crippen LogP) is 3.73. The van der Waals surface area contributed by atoms with Gasteiger partial charge in [0.05, 0.1) is 4.90 Å². The fourth-order valence-corrected chi connectivity index (χ4v) is 4.50. The Balaban J connectivity index is 1.72. The molecule has 0 spiro atoms. The molecule has 0 heterocycles. The number of hydrogen-bond donors (Lipinski definition) is 1. The summed E-state index contributed by atoms with van der Waals surface area (Å²) in [6, 6.07) is 13.4. The maximum absolute atomic E-state index is 12.6. The van der Waals surface area contributed by atoms with Crippen molar-refractivity contribution in [3.05, 3.63) is 65.7 Å². The molecule has 1 aliphatic carbocycles. The predicted molar refractivity (Wildman–Crippen MR) is 106 cm³/mol. The van der Waals surface area contributed by atoms with Crippen LogP contribution in [-0.2, 0) is 10.0 Å².